The highest BCUT2D eigenvalue weighted by molar-refractivity contribution is 6.31. The molecule has 0 unspecified atom stereocenters. The standard InChI is InChI=1S/C20H25ClN2O2/c1-15(13-23(2)3)12-22-20(24)16-8-10-18(11-9-16)25-14-17-6-4-5-7-19(17)21/h4-11,15H,12-14H2,1-3H3,(H,22,24)/t15-/m0/s1. The van der Waals surface area contributed by atoms with Crippen LogP contribution in [0.25, 0.3) is 0 Å². The van der Waals surface area contributed by atoms with Gasteiger partial charge in [-0.3, -0.25) is 4.79 Å². The average Bonchev–Trinajstić information content (AvgIpc) is 2.59. The number of rotatable bonds is 8. The molecule has 25 heavy (non-hydrogen) atoms. The van der Waals surface area contributed by atoms with Crippen LogP contribution in [0.5, 0.6) is 5.75 Å². The summed E-state index contributed by atoms with van der Waals surface area (Å²) in [5.41, 5.74) is 1.56. The Bertz CT molecular complexity index is 686. The molecule has 0 radical (unpaired) electrons. The van der Waals surface area contributed by atoms with Crippen molar-refractivity contribution in [3.63, 3.8) is 0 Å². The largest absolute Gasteiger partial charge is 0.489 e. The molecule has 134 valence electrons. The van der Waals surface area contributed by atoms with E-state index in [9.17, 15) is 4.79 Å². The number of hydrogen-bond acceptors (Lipinski definition) is 3. The Kier molecular flexibility index (Phi) is 7.29. The van der Waals surface area contributed by atoms with E-state index in [1.165, 1.54) is 0 Å². The van der Waals surface area contributed by atoms with Crippen LogP contribution in [-0.2, 0) is 6.61 Å². The molecule has 0 spiro atoms. The summed E-state index contributed by atoms with van der Waals surface area (Å²) in [5, 5.41) is 3.65. The van der Waals surface area contributed by atoms with Gasteiger partial charge >= 0.3 is 0 Å². The third-order valence-corrected chi connectivity index (χ3v) is 4.13. The third kappa shape index (κ3) is 6.40. The lowest BCUT2D eigenvalue weighted by Gasteiger charge is -2.17. The molecule has 0 aromatic heterocycles. The molecular formula is C20H25ClN2O2. The van der Waals surface area contributed by atoms with E-state index in [0.717, 1.165) is 12.1 Å². The normalized spacial score (nSPS) is 12.0. The summed E-state index contributed by atoms with van der Waals surface area (Å²) in [6.07, 6.45) is 0. The molecule has 0 heterocycles. The maximum atomic E-state index is 12.2. The SMILES string of the molecule is C[C@@H](CNC(=O)c1ccc(OCc2ccccc2Cl)cc1)CN(C)C. The fourth-order valence-electron chi connectivity index (χ4n) is 2.54. The predicted molar refractivity (Wildman–Crippen MR) is 102 cm³/mol. The number of carbonyl (C=O) groups is 1. The summed E-state index contributed by atoms with van der Waals surface area (Å²) in [6.45, 7) is 4.11. The van der Waals surface area contributed by atoms with Crippen molar-refractivity contribution in [1.29, 1.82) is 0 Å². The molecular weight excluding hydrogens is 336 g/mol. The van der Waals surface area contributed by atoms with E-state index in [1.54, 1.807) is 24.3 Å². The molecule has 2 aromatic rings. The topological polar surface area (TPSA) is 41.6 Å². The van der Waals surface area contributed by atoms with Gasteiger partial charge in [0.25, 0.3) is 5.91 Å². The molecule has 0 fully saturated rings. The van der Waals surface area contributed by atoms with E-state index in [1.807, 2.05) is 38.4 Å². The summed E-state index contributed by atoms with van der Waals surface area (Å²) < 4.78 is 5.73. The predicted octanol–water partition coefficient (Wildman–Crippen LogP) is 3.85. The molecule has 2 rings (SSSR count). The average molecular weight is 361 g/mol. The summed E-state index contributed by atoms with van der Waals surface area (Å²) >= 11 is 6.11. The van der Waals surface area contributed by atoms with Crippen molar-refractivity contribution in [2.75, 3.05) is 27.2 Å². The maximum Gasteiger partial charge on any atom is 0.251 e. The van der Waals surface area contributed by atoms with Crippen LogP contribution in [0.2, 0.25) is 5.02 Å². The van der Waals surface area contributed by atoms with Gasteiger partial charge in [-0.25, -0.2) is 0 Å². The van der Waals surface area contributed by atoms with Crippen molar-refractivity contribution in [2.24, 2.45) is 5.92 Å². The Balaban J connectivity index is 1.84. The van der Waals surface area contributed by atoms with Gasteiger partial charge in [0.1, 0.15) is 12.4 Å². The van der Waals surface area contributed by atoms with E-state index in [0.29, 0.717) is 35.4 Å². The van der Waals surface area contributed by atoms with Gasteiger partial charge in [-0.15, -0.1) is 0 Å². The molecule has 0 aliphatic rings. The second kappa shape index (κ2) is 9.44. The summed E-state index contributed by atoms with van der Waals surface area (Å²) in [6, 6.07) is 14.7. The van der Waals surface area contributed by atoms with Crippen molar-refractivity contribution in [3.05, 3.63) is 64.7 Å². The highest BCUT2D eigenvalue weighted by Crippen LogP contribution is 2.19. The second-order valence-electron chi connectivity index (χ2n) is 6.48. The first-order chi connectivity index (χ1) is 12.0. The lowest BCUT2D eigenvalue weighted by Crippen LogP contribution is -2.32. The smallest absolute Gasteiger partial charge is 0.251 e. The van der Waals surface area contributed by atoms with Gasteiger partial charge in [0.05, 0.1) is 0 Å². The van der Waals surface area contributed by atoms with Gasteiger partial charge in [-0.05, 0) is 50.3 Å². The number of ether oxygens (including phenoxy) is 1. The van der Waals surface area contributed by atoms with Gasteiger partial charge in [-0.1, -0.05) is 36.7 Å². The van der Waals surface area contributed by atoms with Gasteiger partial charge in [0.15, 0.2) is 0 Å². The summed E-state index contributed by atoms with van der Waals surface area (Å²) in [7, 11) is 4.05. The van der Waals surface area contributed by atoms with Crippen LogP contribution in [-0.4, -0.2) is 38.0 Å². The summed E-state index contributed by atoms with van der Waals surface area (Å²) in [4.78, 5) is 14.3. The Labute approximate surface area is 154 Å². The molecule has 2 aromatic carbocycles. The van der Waals surface area contributed by atoms with Gasteiger partial charge < -0.3 is 15.0 Å². The zero-order valence-corrected chi connectivity index (χ0v) is 15.7. The van der Waals surface area contributed by atoms with Crippen LogP contribution in [0.1, 0.15) is 22.8 Å². The van der Waals surface area contributed by atoms with Crippen LogP contribution >= 0.6 is 11.6 Å². The first-order valence-corrected chi connectivity index (χ1v) is 8.72. The number of benzene rings is 2. The molecule has 4 nitrogen and oxygen atoms in total. The Morgan fingerprint density at radius 1 is 1.16 bits per heavy atom. The van der Waals surface area contributed by atoms with Crippen molar-refractivity contribution < 1.29 is 9.53 Å². The Morgan fingerprint density at radius 3 is 2.48 bits per heavy atom. The maximum absolute atomic E-state index is 12.2. The van der Waals surface area contributed by atoms with Crippen LogP contribution in [0.4, 0.5) is 0 Å². The van der Waals surface area contributed by atoms with E-state index < -0.39 is 0 Å². The Morgan fingerprint density at radius 2 is 1.84 bits per heavy atom. The zero-order chi connectivity index (χ0) is 18.2. The highest BCUT2D eigenvalue weighted by atomic mass is 35.5. The molecule has 0 aliphatic heterocycles. The van der Waals surface area contributed by atoms with E-state index in [4.69, 9.17) is 16.3 Å². The second-order valence-corrected chi connectivity index (χ2v) is 6.89. The number of nitrogens with one attached hydrogen (secondary N) is 1. The molecule has 0 saturated carbocycles. The zero-order valence-electron chi connectivity index (χ0n) is 15.0. The lowest BCUT2D eigenvalue weighted by molar-refractivity contribution is 0.0946. The number of carbonyl (C=O) groups excluding carboxylic acids is 1. The fourth-order valence-corrected chi connectivity index (χ4v) is 2.73. The number of nitrogens with zero attached hydrogens (tertiary/aromatic N) is 1. The quantitative estimate of drug-likeness (QED) is 0.777. The van der Waals surface area contributed by atoms with Crippen molar-refractivity contribution in [3.8, 4) is 5.75 Å². The summed E-state index contributed by atoms with van der Waals surface area (Å²) in [5.74, 6) is 1.04. The first-order valence-electron chi connectivity index (χ1n) is 8.35. The molecule has 5 heteroatoms. The minimum absolute atomic E-state index is 0.0664. The molecule has 1 atom stereocenters. The molecule has 0 aliphatic carbocycles. The minimum atomic E-state index is -0.0664. The minimum Gasteiger partial charge on any atom is -0.489 e. The van der Waals surface area contributed by atoms with E-state index >= 15 is 0 Å². The number of amides is 1. The molecule has 0 bridgehead atoms. The number of hydrogen-bond donors (Lipinski definition) is 1. The highest BCUT2D eigenvalue weighted by Gasteiger charge is 2.09. The van der Waals surface area contributed by atoms with Crippen molar-refractivity contribution in [2.45, 2.75) is 13.5 Å². The van der Waals surface area contributed by atoms with Crippen LogP contribution < -0.4 is 10.1 Å². The molecule has 1 N–H and O–H groups in total. The van der Waals surface area contributed by atoms with E-state index in [-0.39, 0.29) is 5.91 Å². The monoisotopic (exact) mass is 360 g/mol. The van der Waals surface area contributed by atoms with E-state index in [2.05, 4.69) is 17.1 Å². The molecule has 1 amide bonds. The lowest BCUT2D eigenvalue weighted by atomic mass is 10.1. The van der Waals surface area contributed by atoms with Gasteiger partial charge in [-0.2, -0.15) is 0 Å². The van der Waals surface area contributed by atoms with Crippen molar-refractivity contribution >= 4 is 17.5 Å². The number of halogens is 1. The van der Waals surface area contributed by atoms with Crippen LogP contribution in [0.3, 0.4) is 0 Å². The van der Waals surface area contributed by atoms with Gasteiger partial charge in [0.2, 0.25) is 0 Å². The third-order valence-electron chi connectivity index (χ3n) is 3.76. The van der Waals surface area contributed by atoms with Gasteiger partial charge in [0, 0.05) is 29.2 Å². The Hall–Kier alpha value is -2.04. The fraction of sp³-hybridized carbons (Fsp3) is 0.350. The first kappa shape index (κ1) is 19.3. The molecule has 0 saturated heterocycles. The van der Waals surface area contributed by atoms with Crippen molar-refractivity contribution in [1.82, 2.24) is 10.2 Å². The van der Waals surface area contributed by atoms with Crippen LogP contribution in [0, 0.1) is 5.92 Å². The van der Waals surface area contributed by atoms with Crippen LogP contribution in [0.15, 0.2) is 48.5 Å².